The van der Waals surface area contributed by atoms with Gasteiger partial charge in [-0.3, -0.25) is 0 Å². The van der Waals surface area contributed by atoms with Gasteiger partial charge in [-0.15, -0.1) is 0 Å². The van der Waals surface area contributed by atoms with E-state index in [4.69, 9.17) is 0 Å². The largest absolute Gasteiger partial charge is 1.00 e. The lowest BCUT2D eigenvalue weighted by molar-refractivity contribution is -0.937. The van der Waals surface area contributed by atoms with Gasteiger partial charge in [-0.1, -0.05) is 0 Å². The molecule has 0 unspecified atom stereocenters. The Balaban J connectivity index is 0. The first kappa shape index (κ1) is 22.7. The number of halogens is 2. The zero-order chi connectivity index (χ0) is 12.8. The van der Waals surface area contributed by atoms with Gasteiger partial charge in [0.2, 0.25) is 0 Å². The molecule has 0 amide bonds. The Bertz CT molecular complexity index is 195. The van der Waals surface area contributed by atoms with Crippen LogP contribution in [0.3, 0.4) is 0 Å². The SMILES string of the molecule is CC[N+](CC)(CC)CCC[N+]1(CC)CCCC1.[I-].[I-]. The van der Waals surface area contributed by atoms with E-state index in [0.717, 1.165) is 0 Å². The van der Waals surface area contributed by atoms with Gasteiger partial charge in [0.05, 0.1) is 52.4 Å². The first-order valence-electron chi connectivity index (χ1n) is 7.86. The van der Waals surface area contributed by atoms with E-state index in [-0.39, 0.29) is 48.0 Å². The maximum Gasteiger partial charge on any atom is 0.0840 e. The number of rotatable bonds is 8. The number of hydrogen-bond donors (Lipinski definition) is 0. The van der Waals surface area contributed by atoms with Crippen LogP contribution in [0.1, 0.15) is 47.0 Å². The molecular weight excluding hydrogens is 462 g/mol. The fraction of sp³-hybridized carbons (Fsp3) is 1.00. The van der Waals surface area contributed by atoms with Crippen LogP contribution in [0.4, 0.5) is 0 Å². The van der Waals surface area contributed by atoms with Gasteiger partial charge in [0.25, 0.3) is 0 Å². The molecule has 1 heterocycles. The smallest absolute Gasteiger partial charge is 0.0840 e. The normalized spacial score (nSPS) is 17.7. The highest BCUT2D eigenvalue weighted by Gasteiger charge is 2.30. The molecule has 1 aliphatic heterocycles. The molecule has 0 radical (unpaired) electrons. The predicted molar refractivity (Wildman–Crippen MR) is 76.0 cm³/mol. The van der Waals surface area contributed by atoms with Crippen LogP contribution in [-0.2, 0) is 0 Å². The van der Waals surface area contributed by atoms with Crippen molar-refractivity contribution in [1.82, 2.24) is 0 Å². The van der Waals surface area contributed by atoms with Gasteiger partial charge in [0.15, 0.2) is 0 Å². The van der Waals surface area contributed by atoms with Gasteiger partial charge in [-0.05, 0) is 27.7 Å². The summed E-state index contributed by atoms with van der Waals surface area (Å²) in [5, 5.41) is 0. The standard InChI is InChI=1S/C15H34N2.2HI/c1-5-16(6-2,7-3)14-11-15-17(8-4)12-9-10-13-17;;/h5-15H2,1-4H3;2*1H/q+2;;/p-2. The second-order valence-corrected chi connectivity index (χ2v) is 5.90. The van der Waals surface area contributed by atoms with Gasteiger partial charge < -0.3 is 56.9 Å². The molecule has 1 saturated heterocycles. The van der Waals surface area contributed by atoms with Crippen LogP contribution in [0, 0.1) is 0 Å². The van der Waals surface area contributed by atoms with E-state index in [1.165, 1.54) is 80.6 Å². The van der Waals surface area contributed by atoms with Crippen LogP contribution < -0.4 is 48.0 Å². The molecule has 0 spiro atoms. The van der Waals surface area contributed by atoms with Crippen molar-refractivity contribution in [3.63, 3.8) is 0 Å². The second kappa shape index (κ2) is 11.0. The monoisotopic (exact) mass is 496 g/mol. The number of likely N-dealkylation sites (tertiary alicyclic amines) is 1. The highest BCUT2D eigenvalue weighted by molar-refractivity contribution is 4.54. The predicted octanol–water partition coefficient (Wildman–Crippen LogP) is -3.11. The quantitative estimate of drug-likeness (QED) is 0.247. The first-order valence-corrected chi connectivity index (χ1v) is 7.86. The van der Waals surface area contributed by atoms with E-state index in [2.05, 4.69) is 27.7 Å². The Morgan fingerprint density at radius 2 is 1.32 bits per heavy atom. The molecule has 0 saturated carbocycles. The molecule has 0 aromatic carbocycles. The summed E-state index contributed by atoms with van der Waals surface area (Å²) in [6.45, 7) is 20.4. The van der Waals surface area contributed by atoms with E-state index < -0.39 is 0 Å². The van der Waals surface area contributed by atoms with Crippen molar-refractivity contribution >= 4 is 0 Å². The summed E-state index contributed by atoms with van der Waals surface area (Å²) < 4.78 is 2.74. The van der Waals surface area contributed by atoms with Crippen LogP contribution in [-0.4, -0.2) is 61.3 Å². The highest BCUT2D eigenvalue weighted by atomic mass is 127. The number of hydrogen-bond acceptors (Lipinski definition) is 0. The fourth-order valence-electron chi connectivity index (χ4n) is 3.59. The maximum atomic E-state index is 2.38. The average molecular weight is 496 g/mol. The zero-order valence-electron chi connectivity index (χ0n) is 13.4. The zero-order valence-corrected chi connectivity index (χ0v) is 17.7. The Morgan fingerprint density at radius 3 is 1.68 bits per heavy atom. The molecule has 0 aromatic heterocycles. The fourth-order valence-corrected chi connectivity index (χ4v) is 3.59. The third-order valence-corrected chi connectivity index (χ3v) is 5.46. The topological polar surface area (TPSA) is 0 Å². The summed E-state index contributed by atoms with van der Waals surface area (Å²) >= 11 is 0. The lowest BCUT2D eigenvalue weighted by Gasteiger charge is -2.38. The Labute approximate surface area is 155 Å². The minimum atomic E-state index is 0. The van der Waals surface area contributed by atoms with E-state index in [1.807, 2.05) is 0 Å². The summed E-state index contributed by atoms with van der Waals surface area (Å²) in [5.74, 6) is 0. The lowest BCUT2D eigenvalue weighted by Crippen LogP contribution is -3.00. The van der Waals surface area contributed by atoms with Crippen LogP contribution in [0.15, 0.2) is 0 Å². The van der Waals surface area contributed by atoms with Gasteiger partial charge >= 0.3 is 0 Å². The Morgan fingerprint density at radius 1 is 0.842 bits per heavy atom. The van der Waals surface area contributed by atoms with Crippen LogP contribution in [0.2, 0.25) is 0 Å². The molecule has 0 aromatic rings. The van der Waals surface area contributed by atoms with Crippen LogP contribution in [0.5, 0.6) is 0 Å². The third-order valence-electron chi connectivity index (χ3n) is 5.46. The van der Waals surface area contributed by atoms with Gasteiger partial charge in [0, 0.05) is 19.3 Å². The molecule has 4 heteroatoms. The van der Waals surface area contributed by atoms with Crippen molar-refractivity contribution < 1.29 is 56.9 Å². The van der Waals surface area contributed by atoms with Crippen molar-refractivity contribution in [2.45, 2.75) is 47.0 Å². The molecular formula is C15H34I2N2. The molecule has 0 bridgehead atoms. The molecule has 1 aliphatic rings. The highest BCUT2D eigenvalue weighted by Crippen LogP contribution is 2.20. The molecule has 19 heavy (non-hydrogen) atoms. The van der Waals surface area contributed by atoms with Crippen LogP contribution in [0.25, 0.3) is 0 Å². The van der Waals surface area contributed by atoms with Gasteiger partial charge in [0.1, 0.15) is 0 Å². The van der Waals surface area contributed by atoms with E-state index in [9.17, 15) is 0 Å². The van der Waals surface area contributed by atoms with Crippen molar-refractivity contribution in [2.24, 2.45) is 0 Å². The average Bonchev–Trinajstić information content (AvgIpc) is 2.85. The van der Waals surface area contributed by atoms with Crippen molar-refractivity contribution in [3.8, 4) is 0 Å². The first-order chi connectivity index (χ1) is 8.16. The molecule has 0 aliphatic carbocycles. The van der Waals surface area contributed by atoms with Gasteiger partial charge in [-0.2, -0.15) is 0 Å². The van der Waals surface area contributed by atoms with Crippen LogP contribution >= 0.6 is 0 Å². The number of quaternary nitrogens is 2. The summed E-state index contributed by atoms with van der Waals surface area (Å²) in [7, 11) is 0. The summed E-state index contributed by atoms with van der Waals surface area (Å²) in [6.07, 6.45) is 4.34. The van der Waals surface area contributed by atoms with Crippen molar-refractivity contribution in [2.75, 3.05) is 52.4 Å². The molecule has 118 valence electrons. The molecule has 1 fully saturated rings. The molecule has 2 nitrogen and oxygen atoms in total. The van der Waals surface area contributed by atoms with Crippen molar-refractivity contribution in [3.05, 3.63) is 0 Å². The van der Waals surface area contributed by atoms with E-state index >= 15 is 0 Å². The molecule has 0 N–H and O–H groups in total. The second-order valence-electron chi connectivity index (χ2n) is 5.90. The minimum absolute atomic E-state index is 0. The molecule has 1 rings (SSSR count). The number of nitrogens with zero attached hydrogens (tertiary/aromatic N) is 2. The lowest BCUT2D eigenvalue weighted by atomic mass is 10.2. The maximum absolute atomic E-state index is 2.38. The van der Waals surface area contributed by atoms with E-state index in [0.29, 0.717) is 0 Å². The van der Waals surface area contributed by atoms with Crippen molar-refractivity contribution in [1.29, 1.82) is 0 Å². The minimum Gasteiger partial charge on any atom is -1.00 e. The Hall–Kier alpha value is 1.38. The summed E-state index contributed by atoms with van der Waals surface area (Å²) in [4.78, 5) is 0. The van der Waals surface area contributed by atoms with Gasteiger partial charge in [-0.25, -0.2) is 0 Å². The summed E-state index contributed by atoms with van der Waals surface area (Å²) in [5.41, 5.74) is 0. The Kier molecular flexibility index (Phi) is 13.1. The summed E-state index contributed by atoms with van der Waals surface area (Å²) in [6, 6.07) is 0. The molecule has 0 atom stereocenters. The van der Waals surface area contributed by atoms with E-state index in [1.54, 1.807) is 0 Å². The third kappa shape index (κ3) is 6.34.